The molecular weight excluding hydrogens is 264 g/mol. The molecule has 1 fully saturated rings. The smallest absolute Gasteiger partial charge is 0.264 e. The molecular formula is C9H11BrN2OS. The second-order valence-electron chi connectivity index (χ2n) is 3.36. The topological polar surface area (TPSA) is 32.3 Å². The summed E-state index contributed by atoms with van der Waals surface area (Å²) in [5, 5.41) is 5.08. The van der Waals surface area contributed by atoms with Crippen LogP contribution in [0.1, 0.15) is 9.67 Å². The number of likely N-dealkylation sites (N-methyl/N-ethyl adjacent to an activating group) is 1. The SMILES string of the molecule is CN(C(=O)c1cc(Br)cs1)C1CNC1. The van der Waals surface area contributed by atoms with Crippen molar-refractivity contribution < 1.29 is 4.79 Å². The number of halogens is 1. The third kappa shape index (κ3) is 1.85. The van der Waals surface area contributed by atoms with Gasteiger partial charge in [0.25, 0.3) is 5.91 Å². The van der Waals surface area contributed by atoms with E-state index in [2.05, 4.69) is 21.2 Å². The van der Waals surface area contributed by atoms with Crippen molar-refractivity contribution in [3.63, 3.8) is 0 Å². The number of thiophene rings is 1. The molecule has 1 aromatic rings. The Bertz CT molecular complexity index is 348. The van der Waals surface area contributed by atoms with Crippen molar-refractivity contribution in [2.24, 2.45) is 0 Å². The lowest BCUT2D eigenvalue weighted by Crippen LogP contribution is -2.57. The molecule has 76 valence electrons. The Morgan fingerprint density at radius 3 is 2.86 bits per heavy atom. The molecule has 0 spiro atoms. The summed E-state index contributed by atoms with van der Waals surface area (Å²) in [5.41, 5.74) is 0. The standard InChI is InChI=1S/C9H11BrN2OS/c1-12(7-3-11-4-7)9(13)8-2-6(10)5-14-8/h2,5,7,11H,3-4H2,1H3. The summed E-state index contributed by atoms with van der Waals surface area (Å²) in [6.45, 7) is 1.82. The zero-order valence-electron chi connectivity index (χ0n) is 7.79. The van der Waals surface area contributed by atoms with Crippen LogP contribution in [0, 0.1) is 0 Å². The maximum Gasteiger partial charge on any atom is 0.264 e. The lowest BCUT2D eigenvalue weighted by Gasteiger charge is -2.35. The molecule has 3 nitrogen and oxygen atoms in total. The Balaban J connectivity index is 2.07. The summed E-state index contributed by atoms with van der Waals surface area (Å²) in [4.78, 5) is 14.5. The van der Waals surface area contributed by atoms with Crippen LogP contribution < -0.4 is 5.32 Å². The molecule has 2 rings (SSSR count). The van der Waals surface area contributed by atoms with Crippen molar-refractivity contribution in [2.45, 2.75) is 6.04 Å². The number of hydrogen-bond acceptors (Lipinski definition) is 3. The molecule has 1 amide bonds. The zero-order chi connectivity index (χ0) is 10.1. The molecule has 0 unspecified atom stereocenters. The van der Waals surface area contributed by atoms with Crippen LogP contribution in [0.4, 0.5) is 0 Å². The van der Waals surface area contributed by atoms with E-state index < -0.39 is 0 Å². The van der Waals surface area contributed by atoms with Gasteiger partial charge in [0.1, 0.15) is 0 Å². The fourth-order valence-electron chi connectivity index (χ4n) is 1.31. The molecule has 2 heterocycles. The Hall–Kier alpha value is -0.390. The van der Waals surface area contributed by atoms with Crippen LogP contribution in [0.15, 0.2) is 15.9 Å². The molecule has 14 heavy (non-hydrogen) atoms. The first kappa shape index (κ1) is 10.1. The van der Waals surface area contributed by atoms with E-state index in [0.29, 0.717) is 6.04 Å². The maximum atomic E-state index is 11.9. The van der Waals surface area contributed by atoms with Crippen molar-refractivity contribution in [3.05, 3.63) is 20.8 Å². The highest BCUT2D eigenvalue weighted by molar-refractivity contribution is 9.10. The monoisotopic (exact) mass is 274 g/mol. The second kappa shape index (κ2) is 4.00. The first-order chi connectivity index (χ1) is 6.68. The summed E-state index contributed by atoms with van der Waals surface area (Å²) < 4.78 is 0.978. The Kier molecular flexibility index (Phi) is 2.90. The number of carbonyl (C=O) groups excluding carboxylic acids is 1. The molecule has 0 saturated carbocycles. The van der Waals surface area contributed by atoms with Crippen LogP contribution in [-0.2, 0) is 0 Å². The van der Waals surface area contributed by atoms with Gasteiger partial charge in [-0.25, -0.2) is 0 Å². The largest absolute Gasteiger partial charge is 0.335 e. The van der Waals surface area contributed by atoms with Crippen LogP contribution in [0.2, 0.25) is 0 Å². The fourth-order valence-corrected chi connectivity index (χ4v) is 2.72. The fraction of sp³-hybridized carbons (Fsp3) is 0.444. The molecule has 0 aliphatic carbocycles. The van der Waals surface area contributed by atoms with Gasteiger partial charge in [0.2, 0.25) is 0 Å². The maximum absolute atomic E-state index is 11.9. The van der Waals surface area contributed by atoms with Gasteiger partial charge in [-0.3, -0.25) is 4.79 Å². The Morgan fingerprint density at radius 2 is 2.43 bits per heavy atom. The van der Waals surface area contributed by atoms with E-state index in [-0.39, 0.29) is 5.91 Å². The van der Waals surface area contributed by atoms with E-state index in [1.807, 2.05) is 23.4 Å². The number of carbonyl (C=O) groups is 1. The molecule has 0 radical (unpaired) electrons. The van der Waals surface area contributed by atoms with Crippen LogP contribution in [-0.4, -0.2) is 37.0 Å². The van der Waals surface area contributed by atoms with Crippen molar-refractivity contribution in [1.82, 2.24) is 10.2 Å². The van der Waals surface area contributed by atoms with Gasteiger partial charge in [-0.15, -0.1) is 11.3 Å². The quantitative estimate of drug-likeness (QED) is 0.888. The Labute approximate surface area is 95.2 Å². The highest BCUT2D eigenvalue weighted by Gasteiger charge is 2.26. The average molecular weight is 275 g/mol. The van der Waals surface area contributed by atoms with Crippen molar-refractivity contribution in [3.8, 4) is 0 Å². The number of amides is 1. The summed E-state index contributed by atoms with van der Waals surface area (Å²) in [5.74, 6) is 0.118. The van der Waals surface area contributed by atoms with Gasteiger partial charge in [0.15, 0.2) is 0 Å². The summed E-state index contributed by atoms with van der Waals surface area (Å²) in [6.07, 6.45) is 0. The second-order valence-corrected chi connectivity index (χ2v) is 5.18. The minimum absolute atomic E-state index is 0.118. The summed E-state index contributed by atoms with van der Waals surface area (Å²) >= 11 is 4.82. The first-order valence-electron chi connectivity index (χ1n) is 4.40. The number of nitrogens with one attached hydrogen (secondary N) is 1. The summed E-state index contributed by atoms with van der Waals surface area (Å²) in [6, 6.07) is 2.23. The third-order valence-electron chi connectivity index (χ3n) is 2.41. The molecule has 0 atom stereocenters. The van der Waals surface area contributed by atoms with Gasteiger partial charge in [0, 0.05) is 30.0 Å². The molecule has 1 N–H and O–H groups in total. The van der Waals surface area contributed by atoms with E-state index >= 15 is 0 Å². The van der Waals surface area contributed by atoms with E-state index in [4.69, 9.17) is 0 Å². The molecule has 1 aromatic heterocycles. The van der Waals surface area contributed by atoms with Gasteiger partial charge >= 0.3 is 0 Å². The third-order valence-corrected chi connectivity index (χ3v) is 4.09. The summed E-state index contributed by atoms with van der Waals surface area (Å²) in [7, 11) is 1.86. The van der Waals surface area contributed by atoms with Crippen molar-refractivity contribution >= 4 is 33.2 Å². The highest BCUT2D eigenvalue weighted by Crippen LogP contribution is 2.21. The predicted molar refractivity (Wildman–Crippen MR) is 60.8 cm³/mol. The average Bonchev–Trinajstić information content (AvgIpc) is 2.47. The zero-order valence-corrected chi connectivity index (χ0v) is 10.2. The molecule has 5 heteroatoms. The number of nitrogens with zero attached hydrogens (tertiary/aromatic N) is 1. The lowest BCUT2D eigenvalue weighted by molar-refractivity contribution is 0.0686. The first-order valence-corrected chi connectivity index (χ1v) is 6.07. The van der Waals surface area contributed by atoms with Crippen molar-refractivity contribution in [2.75, 3.05) is 20.1 Å². The normalized spacial score (nSPS) is 16.4. The molecule has 0 bridgehead atoms. The van der Waals surface area contributed by atoms with E-state index in [1.54, 1.807) is 0 Å². The number of hydrogen-bond donors (Lipinski definition) is 1. The van der Waals surface area contributed by atoms with Gasteiger partial charge in [0.05, 0.1) is 10.9 Å². The minimum atomic E-state index is 0.118. The van der Waals surface area contributed by atoms with Gasteiger partial charge in [-0.05, 0) is 22.0 Å². The molecule has 1 aliphatic heterocycles. The van der Waals surface area contributed by atoms with Crippen LogP contribution >= 0.6 is 27.3 Å². The molecule has 0 aromatic carbocycles. The minimum Gasteiger partial charge on any atom is -0.335 e. The predicted octanol–water partition coefficient (Wildman–Crippen LogP) is 1.55. The van der Waals surface area contributed by atoms with Crippen LogP contribution in [0.5, 0.6) is 0 Å². The van der Waals surface area contributed by atoms with Gasteiger partial charge in [-0.2, -0.15) is 0 Å². The van der Waals surface area contributed by atoms with Crippen LogP contribution in [0.3, 0.4) is 0 Å². The van der Waals surface area contributed by atoms with Gasteiger partial charge < -0.3 is 10.2 Å². The Morgan fingerprint density at radius 1 is 1.71 bits per heavy atom. The lowest BCUT2D eigenvalue weighted by atomic mass is 10.1. The van der Waals surface area contributed by atoms with Gasteiger partial charge in [-0.1, -0.05) is 0 Å². The van der Waals surface area contributed by atoms with Crippen molar-refractivity contribution in [1.29, 1.82) is 0 Å². The van der Waals surface area contributed by atoms with E-state index in [9.17, 15) is 4.79 Å². The van der Waals surface area contributed by atoms with E-state index in [0.717, 1.165) is 22.4 Å². The van der Waals surface area contributed by atoms with E-state index in [1.165, 1.54) is 11.3 Å². The van der Waals surface area contributed by atoms with Crippen LogP contribution in [0.25, 0.3) is 0 Å². The molecule has 1 aliphatic rings. The highest BCUT2D eigenvalue weighted by atomic mass is 79.9. The molecule has 1 saturated heterocycles. The number of rotatable bonds is 2.